The number of Topliss-reactive ketones (excluding diaryl/α,β-unsaturated/α-hetero) is 1. The summed E-state index contributed by atoms with van der Waals surface area (Å²) in [5.74, 6) is 1.16. The Balaban J connectivity index is 2.03. The summed E-state index contributed by atoms with van der Waals surface area (Å²) in [6.45, 7) is 0. The van der Waals surface area contributed by atoms with Crippen LogP contribution in [0.2, 0.25) is 0 Å². The summed E-state index contributed by atoms with van der Waals surface area (Å²) in [5.41, 5.74) is 1.78. The SMILES string of the molecule is COc1cccc(C=C2CSc3ccc(F)cc3C2=O)c1OC. The Bertz CT molecular complexity index is 799. The van der Waals surface area contributed by atoms with E-state index < -0.39 is 5.82 Å². The second-order valence-electron chi connectivity index (χ2n) is 5.01. The Morgan fingerprint density at radius 1 is 1.17 bits per heavy atom. The minimum Gasteiger partial charge on any atom is -0.493 e. The van der Waals surface area contributed by atoms with Gasteiger partial charge in [-0.25, -0.2) is 4.39 Å². The summed E-state index contributed by atoms with van der Waals surface area (Å²) in [4.78, 5) is 13.4. The number of benzene rings is 2. The number of methoxy groups -OCH3 is 2. The first kappa shape index (κ1) is 15.6. The Morgan fingerprint density at radius 3 is 2.74 bits per heavy atom. The van der Waals surface area contributed by atoms with Crippen LogP contribution in [0.5, 0.6) is 11.5 Å². The number of ketones is 1. The van der Waals surface area contributed by atoms with E-state index >= 15 is 0 Å². The maximum atomic E-state index is 13.4. The maximum Gasteiger partial charge on any atom is 0.191 e. The zero-order chi connectivity index (χ0) is 16.4. The number of hydrogen-bond donors (Lipinski definition) is 0. The molecule has 0 radical (unpaired) electrons. The van der Waals surface area contributed by atoms with Gasteiger partial charge in [-0.15, -0.1) is 11.8 Å². The molecule has 3 rings (SSSR count). The smallest absolute Gasteiger partial charge is 0.191 e. The lowest BCUT2D eigenvalue weighted by atomic mass is 10.0. The molecule has 118 valence electrons. The van der Waals surface area contributed by atoms with E-state index in [2.05, 4.69) is 0 Å². The molecule has 1 heterocycles. The molecule has 0 unspecified atom stereocenters. The van der Waals surface area contributed by atoms with Crippen LogP contribution in [0.3, 0.4) is 0 Å². The molecule has 1 aliphatic heterocycles. The van der Waals surface area contributed by atoms with Gasteiger partial charge in [0.05, 0.1) is 14.2 Å². The summed E-state index contributed by atoms with van der Waals surface area (Å²) < 4.78 is 24.1. The van der Waals surface area contributed by atoms with E-state index in [0.29, 0.717) is 28.4 Å². The number of hydrogen-bond acceptors (Lipinski definition) is 4. The average Bonchev–Trinajstić information content (AvgIpc) is 2.57. The molecule has 5 heteroatoms. The number of rotatable bonds is 3. The van der Waals surface area contributed by atoms with Crippen LogP contribution in [0.25, 0.3) is 6.08 Å². The first-order chi connectivity index (χ1) is 11.1. The number of fused-ring (bicyclic) bond motifs is 1. The lowest BCUT2D eigenvalue weighted by Gasteiger charge is -2.17. The van der Waals surface area contributed by atoms with Gasteiger partial charge < -0.3 is 9.47 Å². The summed E-state index contributed by atoms with van der Waals surface area (Å²) >= 11 is 1.52. The first-order valence-electron chi connectivity index (χ1n) is 7.02. The fourth-order valence-electron chi connectivity index (χ4n) is 2.52. The number of ether oxygens (including phenoxy) is 2. The van der Waals surface area contributed by atoms with Crippen LogP contribution in [-0.2, 0) is 0 Å². The van der Waals surface area contributed by atoms with E-state index in [4.69, 9.17) is 9.47 Å². The van der Waals surface area contributed by atoms with Crippen molar-refractivity contribution in [1.29, 1.82) is 0 Å². The van der Waals surface area contributed by atoms with Crippen molar-refractivity contribution in [3.8, 4) is 11.5 Å². The molecule has 23 heavy (non-hydrogen) atoms. The summed E-state index contributed by atoms with van der Waals surface area (Å²) in [7, 11) is 3.12. The van der Waals surface area contributed by atoms with Crippen LogP contribution in [0, 0.1) is 5.82 Å². The summed E-state index contributed by atoms with van der Waals surface area (Å²) in [6.07, 6.45) is 1.78. The highest BCUT2D eigenvalue weighted by molar-refractivity contribution is 7.99. The van der Waals surface area contributed by atoms with Crippen molar-refractivity contribution < 1.29 is 18.7 Å². The van der Waals surface area contributed by atoms with E-state index in [9.17, 15) is 9.18 Å². The quantitative estimate of drug-likeness (QED) is 0.790. The van der Waals surface area contributed by atoms with E-state index in [0.717, 1.165) is 10.5 Å². The van der Waals surface area contributed by atoms with Gasteiger partial charge in [0.2, 0.25) is 0 Å². The van der Waals surface area contributed by atoms with Gasteiger partial charge in [0.25, 0.3) is 0 Å². The molecule has 0 spiro atoms. The van der Waals surface area contributed by atoms with Gasteiger partial charge in [0.1, 0.15) is 5.82 Å². The molecule has 2 aromatic carbocycles. The van der Waals surface area contributed by atoms with E-state index in [1.165, 1.54) is 23.9 Å². The predicted molar refractivity (Wildman–Crippen MR) is 89.0 cm³/mol. The van der Waals surface area contributed by atoms with Crippen molar-refractivity contribution in [2.24, 2.45) is 0 Å². The van der Waals surface area contributed by atoms with Gasteiger partial charge >= 0.3 is 0 Å². The van der Waals surface area contributed by atoms with Crippen molar-refractivity contribution in [2.45, 2.75) is 4.90 Å². The lowest BCUT2D eigenvalue weighted by Crippen LogP contribution is -2.12. The monoisotopic (exact) mass is 330 g/mol. The fraction of sp³-hybridized carbons (Fsp3) is 0.167. The molecule has 0 N–H and O–H groups in total. The van der Waals surface area contributed by atoms with Crippen LogP contribution in [0.1, 0.15) is 15.9 Å². The normalized spacial score (nSPS) is 15.4. The standard InChI is InChI=1S/C18H15FO3S/c1-21-15-5-3-4-11(18(15)22-2)8-12-10-23-16-7-6-13(19)9-14(16)17(12)20/h3-9H,10H2,1-2H3. The van der Waals surface area contributed by atoms with Crippen LogP contribution in [0.4, 0.5) is 4.39 Å². The third-order valence-corrected chi connectivity index (χ3v) is 4.75. The highest BCUT2D eigenvalue weighted by Crippen LogP contribution is 2.36. The number of carbonyl (C=O) groups is 1. The Hall–Kier alpha value is -2.27. The van der Waals surface area contributed by atoms with Gasteiger partial charge in [0, 0.05) is 27.3 Å². The highest BCUT2D eigenvalue weighted by atomic mass is 32.2. The summed E-state index contributed by atoms with van der Waals surface area (Å²) in [5, 5.41) is 0. The van der Waals surface area contributed by atoms with Gasteiger partial charge in [-0.3, -0.25) is 4.79 Å². The van der Waals surface area contributed by atoms with Gasteiger partial charge in [-0.1, -0.05) is 12.1 Å². The van der Waals surface area contributed by atoms with Crippen molar-refractivity contribution in [3.63, 3.8) is 0 Å². The molecule has 1 aliphatic rings. The Kier molecular flexibility index (Phi) is 4.39. The van der Waals surface area contributed by atoms with Gasteiger partial charge in [-0.2, -0.15) is 0 Å². The average molecular weight is 330 g/mol. The van der Waals surface area contributed by atoms with Crippen LogP contribution < -0.4 is 9.47 Å². The molecule has 0 saturated heterocycles. The van der Waals surface area contributed by atoms with Crippen LogP contribution in [0.15, 0.2) is 46.9 Å². The van der Waals surface area contributed by atoms with E-state index in [1.807, 2.05) is 12.1 Å². The minimum atomic E-state index is -0.405. The van der Waals surface area contributed by atoms with Gasteiger partial charge in [0.15, 0.2) is 17.3 Å². The lowest BCUT2D eigenvalue weighted by molar-refractivity contribution is 0.103. The van der Waals surface area contributed by atoms with Gasteiger partial charge in [-0.05, 0) is 30.3 Å². The zero-order valence-electron chi connectivity index (χ0n) is 12.8. The van der Waals surface area contributed by atoms with Crippen molar-refractivity contribution in [1.82, 2.24) is 0 Å². The highest BCUT2D eigenvalue weighted by Gasteiger charge is 2.23. The molecule has 0 saturated carbocycles. The molecule has 0 atom stereocenters. The van der Waals surface area contributed by atoms with Crippen LogP contribution >= 0.6 is 11.8 Å². The largest absolute Gasteiger partial charge is 0.493 e. The number of thioether (sulfide) groups is 1. The first-order valence-corrected chi connectivity index (χ1v) is 8.01. The second-order valence-corrected chi connectivity index (χ2v) is 6.03. The third kappa shape index (κ3) is 2.97. The molecule has 2 aromatic rings. The molecular formula is C18H15FO3S. The molecular weight excluding hydrogens is 315 g/mol. The minimum absolute atomic E-state index is 0.150. The fourth-order valence-corrected chi connectivity index (χ4v) is 3.52. The molecule has 0 fully saturated rings. The zero-order valence-corrected chi connectivity index (χ0v) is 13.6. The van der Waals surface area contributed by atoms with E-state index in [-0.39, 0.29) is 5.78 Å². The second kappa shape index (κ2) is 6.46. The Labute approximate surface area is 138 Å². The predicted octanol–water partition coefficient (Wildman–Crippen LogP) is 4.21. The molecule has 0 amide bonds. The maximum absolute atomic E-state index is 13.4. The number of para-hydroxylation sites is 1. The number of halogens is 1. The molecule has 0 bridgehead atoms. The van der Waals surface area contributed by atoms with Crippen molar-refractivity contribution in [2.75, 3.05) is 20.0 Å². The number of carbonyl (C=O) groups excluding carboxylic acids is 1. The topological polar surface area (TPSA) is 35.5 Å². The third-order valence-electron chi connectivity index (χ3n) is 3.62. The van der Waals surface area contributed by atoms with Crippen molar-refractivity contribution >= 4 is 23.6 Å². The van der Waals surface area contributed by atoms with Crippen molar-refractivity contribution in [3.05, 3.63) is 58.9 Å². The molecule has 0 aliphatic carbocycles. The molecule has 0 aromatic heterocycles. The van der Waals surface area contributed by atoms with E-state index in [1.54, 1.807) is 32.4 Å². The van der Waals surface area contributed by atoms with Crippen LogP contribution in [-0.4, -0.2) is 25.8 Å². The molecule has 3 nitrogen and oxygen atoms in total. The summed E-state index contributed by atoms with van der Waals surface area (Å²) in [6, 6.07) is 9.80. The Morgan fingerprint density at radius 2 is 2.00 bits per heavy atom.